The van der Waals surface area contributed by atoms with Crippen molar-refractivity contribution in [1.82, 2.24) is 24.4 Å². The van der Waals surface area contributed by atoms with Crippen molar-refractivity contribution in [3.63, 3.8) is 0 Å². The number of rotatable bonds is 2. The number of primary amides is 1. The van der Waals surface area contributed by atoms with Gasteiger partial charge in [0.1, 0.15) is 5.52 Å². The van der Waals surface area contributed by atoms with Crippen LogP contribution in [0.2, 0.25) is 0 Å². The summed E-state index contributed by atoms with van der Waals surface area (Å²) < 4.78 is 3.59. The van der Waals surface area contributed by atoms with E-state index in [1.165, 1.54) is 0 Å². The third-order valence-electron chi connectivity index (χ3n) is 4.49. The first-order chi connectivity index (χ1) is 12.6. The van der Waals surface area contributed by atoms with Gasteiger partial charge in [0.2, 0.25) is 0 Å². The van der Waals surface area contributed by atoms with Crippen LogP contribution in [0.4, 0.5) is 5.82 Å². The van der Waals surface area contributed by atoms with Gasteiger partial charge in [0, 0.05) is 37.8 Å². The van der Waals surface area contributed by atoms with E-state index in [1.807, 2.05) is 30.0 Å². The molecule has 0 aromatic carbocycles. The molecule has 0 bridgehead atoms. The first kappa shape index (κ1) is 16.1. The van der Waals surface area contributed by atoms with E-state index < -0.39 is 5.91 Å². The number of amides is 1. The van der Waals surface area contributed by atoms with Crippen LogP contribution in [-0.4, -0.2) is 43.4 Å². The average molecular weight is 349 g/mol. The van der Waals surface area contributed by atoms with Gasteiger partial charge in [-0.15, -0.1) is 0 Å². The first-order valence-electron chi connectivity index (χ1n) is 8.49. The molecule has 3 aromatic heterocycles. The van der Waals surface area contributed by atoms with Crippen LogP contribution in [0, 0.1) is 17.8 Å². The molecule has 0 aliphatic carbocycles. The number of fused-ring (bicyclic) bond motifs is 1. The van der Waals surface area contributed by atoms with E-state index in [-0.39, 0.29) is 5.92 Å². The van der Waals surface area contributed by atoms with Crippen molar-refractivity contribution in [2.45, 2.75) is 12.8 Å². The monoisotopic (exact) mass is 349 g/mol. The predicted octanol–water partition coefficient (Wildman–Crippen LogP) is 0.835. The summed E-state index contributed by atoms with van der Waals surface area (Å²) in [7, 11) is 1.88. The molecule has 1 saturated heterocycles. The van der Waals surface area contributed by atoms with Crippen molar-refractivity contribution in [2.75, 3.05) is 18.0 Å². The minimum absolute atomic E-state index is 0.100. The Morgan fingerprint density at radius 2 is 2.23 bits per heavy atom. The quantitative estimate of drug-likeness (QED) is 0.692. The van der Waals surface area contributed by atoms with E-state index >= 15 is 0 Å². The first-order valence-corrected chi connectivity index (χ1v) is 8.49. The number of nitrogens with zero attached hydrogens (tertiary/aromatic N) is 6. The lowest BCUT2D eigenvalue weighted by molar-refractivity contribution is -0.112. The molecule has 1 unspecified atom stereocenters. The largest absolute Gasteiger partial charge is 0.359 e. The number of aryl methyl sites for hydroxylation is 1. The Labute approximate surface area is 150 Å². The SMILES string of the molecule is Cn1cc(-c2cn3nccc3c(N3CCCC(C#CC(N)=O)C3)n2)cn1. The minimum Gasteiger partial charge on any atom is -0.359 e. The van der Waals surface area contributed by atoms with E-state index in [9.17, 15) is 4.79 Å². The van der Waals surface area contributed by atoms with Gasteiger partial charge in [0.05, 0.1) is 24.3 Å². The molecule has 2 N–H and O–H groups in total. The summed E-state index contributed by atoms with van der Waals surface area (Å²) in [6.45, 7) is 1.60. The maximum atomic E-state index is 10.9. The predicted molar refractivity (Wildman–Crippen MR) is 97.1 cm³/mol. The third kappa shape index (κ3) is 3.11. The van der Waals surface area contributed by atoms with Crippen molar-refractivity contribution < 1.29 is 4.79 Å². The molecule has 8 nitrogen and oxygen atoms in total. The number of piperidine rings is 1. The zero-order valence-electron chi connectivity index (χ0n) is 14.5. The van der Waals surface area contributed by atoms with Gasteiger partial charge in [-0.05, 0) is 24.8 Å². The van der Waals surface area contributed by atoms with Crippen molar-refractivity contribution in [2.24, 2.45) is 18.7 Å². The summed E-state index contributed by atoms with van der Waals surface area (Å²) in [5.74, 6) is 5.84. The molecule has 0 radical (unpaired) electrons. The zero-order valence-corrected chi connectivity index (χ0v) is 14.5. The van der Waals surface area contributed by atoms with Crippen molar-refractivity contribution in [3.8, 4) is 23.1 Å². The number of aromatic nitrogens is 5. The Balaban J connectivity index is 1.72. The van der Waals surface area contributed by atoms with Gasteiger partial charge in [-0.1, -0.05) is 5.92 Å². The van der Waals surface area contributed by atoms with E-state index in [4.69, 9.17) is 10.7 Å². The molecule has 1 aliphatic heterocycles. The maximum absolute atomic E-state index is 10.9. The Kier molecular flexibility index (Phi) is 4.05. The molecule has 0 spiro atoms. The molecule has 1 amide bonds. The summed E-state index contributed by atoms with van der Waals surface area (Å²) >= 11 is 0. The van der Waals surface area contributed by atoms with E-state index in [0.717, 1.165) is 42.0 Å². The van der Waals surface area contributed by atoms with Crippen molar-refractivity contribution in [1.29, 1.82) is 0 Å². The van der Waals surface area contributed by atoms with Crippen LogP contribution in [0.15, 0.2) is 30.9 Å². The Hall–Kier alpha value is -3.34. The fourth-order valence-corrected chi connectivity index (χ4v) is 3.30. The van der Waals surface area contributed by atoms with Crippen LogP contribution < -0.4 is 10.6 Å². The number of hydrogen-bond donors (Lipinski definition) is 1. The number of anilines is 1. The van der Waals surface area contributed by atoms with Crippen molar-refractivity contribution >= 4 is 17.2 Å². The Bertz CT molecular complexity index is 1020. The van der Waals surface area contributed by atoms with Crippen LogP contribution in [-0.2, 0) is 11.8 Å². The highest BCUT2D eigenvalue weighted by Gasteiger charge is 2.22. The highest BCUT2D eigenvalue weighted by molar-refractivity contribution is 5.92. The van der Waals surface area contributed by atoms with Gasteiger partial charge in [0.15, 0.2) is 5.82 Å². The summed E-state index contributed by atoms with van der Waals surface area (Å²) in [6, 6.07) is 1.95. The molecule has 4 rings (SSSR count). The lowest BCUT2D eigenvalue weighted by Gasteiger charge is -2.31. The molecular weight excluding hydrogens is 330 g/mol. The summed E-state index contributed by atoms with van der Waals surface area (Å²) in [6.07, 6.45) is 9.33. The molecule has 0 saturated carbocycles. The molecule has 8 heteroatoms. The number of nitrogens with two attached hydrogens (primary N) is 1. The van der Waals surface area contributed by atoms with E-state index in [2.05, 4.69) is 26.9 Å². The van der Waals surface area contributed by atoms with Gasteiger partial charge in [-0.25, -0.2) is 9.50 Å². The summed E-state index contributed by atoms with van der Waals surface area (Å²) in [4.78, 5) is 18.0. The zero-order chi connectivity index (χ0) is 18.1. The van der Waals surface area contributed by atoms with Gasteiger partial charge < -0.3 is 10.6 Å². The standard InChI is InChI=1S/C18H19N7O/c1-23-11-14(9-21-23)15-12-25-16(6-7-20-25)18(22-15)24-8-2-3-13(10-24)4-5-17(19)26/h6-7,9,11-13H,2-3,8,10H2,1H3,(H2,19,26). The third-order valence-corrected chi connectivity index (χ3v) is 4.49. The number of carbonyl (C=O) groups is 1. The second-order valence-corrected chi connectivity index (χ2v) is 6.43. The Morgan fingerprint density at radius 3 is 3.00 bits per heavy atom. The van der Waals surface area contributed by atoms with Gasteiger partial charge in [-0.2, -0.15) is 10.2 Å². The van der Waals surface area contributed by atoms with Crippen LogP contribution in [0.5, 0.6) is 0 Å². The minimum atomic E-state index is -0.586. The van der Waals surface area contributed by atoms with Crippen molar-refractivity contribution in [3.05, 3.63) is 30.9 Å². The molecule has 1 fully saturated rings. The lowest BCUT2D eigenvalue weighted by Crippen LogP contribution is -2.36. The molecule has 26 heavy (non-hydrogen) atoms. The number of carbonyl (C=O) groups excluding carboxylic acids is 1. The van der Waals surface area contributed by atoms with Crippen LogP contribution in [0.25, 0.3) is 16.8 Å². The normalized spacial score (nSPS) is 17.1. The topological polar surface area (TPSA) is 94.3 Å². The highest BCUT2D eigenvalue weighted by atomic mass is 16.1. The number of hydrogen-bond acceptors (Lipinski definition) is 5. The van der Waals surface area contributed by atoms with Gasteiger partial charge >= 0.3 is 0 Å². The maximum Gasteiger partial charge on any atom is 0.293 e. The fraction of sp³-hybridized carbons (Fsp3) is 0.333. The van der Waals surface area contributed by atoms with Crippen LogP contribution in [0.3, 0.4) is 0 Å². The van der Waals surface area contributed by atoms with Crippen LogP contribution >= 0.6 is 0 Å². The molecule has 4 heterocycles. The summed E-state index contributed by atoms with van der Waals surface area (Å²) in [5, 5.41) is 8.61. The van der Waals surface area contributed by atoms with Gasteiger partial charge in [0.25, 0.3) is 5.91 Å². The highest BCUT2D eigenvalue weighted by Crippen LogP contribution is 2.28. The average Bonchev–Trinajstić information content (AvgIpc) is 3.28. The molecule has 1 aliphatic rings. The van der Waals surface area contributed by atoms with Crippen LogP contribution in [0.1, 0.15) is 12.8 Å². The smallest absolute Gasteiger partial charge is 0.293 e. The molecule has 1 atom stereocenters. The molecule has 3 aromatic rings. The van der Waals surface area contributed by atoms with E-state index in [0.29, 0.717) is 6.54 Å². The summed E-state index contributed by atoms with van der Waals surface area (Å²) in [5.41, 5.74) is 7.84. The Morgan fingerprint density at radius 1 is 1.35 bits per heavy atom. The van der Waals surface area contributed by atoms with Gasteiger partial charge in [-0.3, -0.25) is 9.48 Å². The fourth-order valence-electron chi connectivity index (χ4n) is 3.30. The van der Waals surface area contributed by atoms with E-state index in [1.54, 1.807) is 17.1 Å². The second-order valence-electron chi connectivity index (χ2n) is 6.43. The second kappa shape index (κ2) is 6.52. The molecular formula is C18H19N7O. The lowest BCUT2D eigenvalue weighted by atomic mass is 9.98. The molecule has 132 valence electrons.